The van der Waals surface area contributed by atoms with Gasteiger partial charge in [-0.25, -0.2) is 9.78 Å². The van der Waals surface area contributed by atoms with Crippen LogP contribution in [-0.2, 0) is 4.74 Å². The average molecular weight is 391 g/mol. The van der Waals surface area contributed by atoms with Crippen LogP contribution in [0.4, 0.5) is 5.69 Å². The van der Waals surface area contributed by atoms with Gasteiger partial charge in [0.05, 0.1) is 24.1 Å². The fourth-order valence-corrected chi connectivity index (χ4v) is 3.97. The fourth-order valence-electron chi connectivity index (χ4n) is 2.97. The summed E-state index contributed by atoms with van der Waals surface area (Å²) in [6.07, 6.45) is 1.93. The number of carbonyl (C=O) groups is 2. The lowest BCUT2D eigenvalue weighted by atomic mass is 10.1. The molecule has 0 fully saturated rings. The van der Waals surface area contributed by atoms with Crippen molar-refractivity contribution in [1.29, 1.82) is 0 Å². The molecule has 0 unspecified atom stereocenters. The second-order valence-electron chi connectivity index (χ2n) is 6.15. The number of aromatic nitrogens is 2. The Bertz CT molecular complexity index is 1180. The second kappa shape index (κ2) is 7.28. The Morgan fingerprint density at radius 1 is 1.07 bits per heavy atom. The molecule has 0 saturated heterocycles. The van der Waals surface area contributed by atoms with Crippen LogP contribution in [0.3, 0.4) is 0 Å². The van der Waals surface area contributed by atoms with Gasteiger partial charge in [0.2, 0.25) is 0 Å². The summed E-state index contributed by atoms with van der Waals surface area (Å²) in [7, 11) is 1.31. The number of thiazole rings is 1. The number of fused-ring (bicyclic) bond motifs is 1. The number of benzene rings is 2. The first-order chi connectivity index (χ1) is 13.6. The van der Waals surface area contributed by atoms with E-state index in [-0.39, 0.29) is 5.91 Å². The van der Waals surface area contributed by atoms with Crippen LogP contribution >= 0.6 is 11.3 Å². The lowest BCUT2D eigenvalue weighted by Crippen LogP contribution is -2.15. The van der Waals surface area contributed by atoms with Crippen LogP contribution in [0.2, 0.25) is 0 Å². The van der Waals surface area contributed by atoms with E-state index < -0.39 is 5.97 Å². The van der Waals surface area contributed by atoms with Crippen molar-refractivity contribution < 1.29 is 14.3 Å². The number of para-hydroxylation sites is 1. The summed E-state index contributed by atoms with van der Waals surface area (Å²) in [6, 6.07) is 16.6. The number of ether oxygens (including phenoxy) is 1. The van der Waals surface area contributed by atoms with Crippen molar-refractivity contribution in [1.82, 2.24) is 9.38 Å². The highest BCUT2D eigenvalue weighted by molar-refractivity contribution is 7.19. The third-order valence-corrected chi connectivity index (χ3v) is 5.57. The Balaban J connectivity index is 1.65. The van der Waals surface area contributed by atoms with Crippen molar-refractivity contribution in [3.63, 3.8) is 0 Å². The largest absolute Gasteiger partial charge is 0.465 e. The van der Waals surface area contributed by atoms with Gasteiger partial charge in [0.1, 0.15) is 4.88 Å². The number of amides is 1. The molecule has 2 heterocycles. The van der Waals surface area contributed by atoms with Gasteiger partial charge in [0.25, 0.3) is 5.91 Å². The van der Waals surface area contributed by atoms with Crippen molar-refractivity contribution >= 4 is 33.9 Å². The maximum absolute atomic E-state index is 12.8. The molecule has 4 aromatic rings. The molecule has 2 aromatic carbocycles. The standard InChI is InChI=1S/C21H17N3O3S/c1-13-18(19(25)22-16-11-7-6-10-15(16)20(26)27-2)28-21-23-17(12-24(13)21)14-8-4-3-5-9-14/h3-12H,1-2H3,(H,22,25). The molecule has 2 aromatic heterocycles. The Morgan fingerprint density at radius 2 is 1.79 bits per heavy atom. The molecule has 0 aliphatic heterocycles. The summed E-state index contributed by atoms with van der Waals surface area (Å²) in [5, 5.41) is 2.81. The molecule has 4 rings (SSSR count). The lowest BCUT2D eigenvalue weighted by Gasteiger charge is -2.09. The van der Waals surface area contributed by atoms with Gasteiger partial charge in [-0.3, -0.25) is 9.20 Å². The highest BCUT2D eigenvalue weighted by Crippen LogP contribution is 2.28. The van der Waals surface area contributed by atoms with Crippen molar-refractivity contribution in [2.24, 2.45) is 0 Å². The van der Waals surface area contributed by atoms with Gasteiger partial charge in [0, 0.05) is 17.5 Å². The van der Waals surface area contributed by atoms with E-state index >= 15 is 0 Å². The molecule has 6 nitrogen and oxygen atoms in total. The quantitative estimate of drug-likeness (QED) is 0.523. The Morgan fingerprint density at radius 3 is 2.50 bits per heavy atom. The van der Waals surface area contributed by atoms with Crippen LogP contribution in [0.1, 0.15) is 25.7 Å². The molecular formula is C21H17N3O3S. The van der Waals surface area contributed by atoms with E-state index in [1.807, 2.05) is 47.9 Å². The number of anilines is 1. The van der Waals surface area contributed by atoms with Crippen LogP contribution in [0.25, 0.3) is 16.2 Å². The van der Waals surface area contributed by atoms with E-state index in [0.29, 0.717) is 16.1 Å². The zero-order valence-electron chi connectivity index (χ0n) is 15.3. The van der Waals surface area contributed by atoms with E-state index in [4.69, 9.17) is 4.74 Å². The summed E-state index contributed by atoms with van der Waals surface area (Å²) < 4.78 is 6.69. The number of aryl methyl sites for hydroxylation is 1. The van der Waals surface area contributed by atoms with E-state index in [2.05, 4.69) is 10.3 Å². The van der Waals surface area contributed by atoms with Crippen LogP contribution < -0.4 is 5.32 Å². The molecular weight excluding hydrogens is 374 g/mol. The molecule has 1 amide bonds. The van der Waals surface area contributed by atoms with E-state index in [1.165, 1.54) is 18.4 Å². The van der Waals surface area contributed by atoms with Crippen molar-refractivity contribution in [2.45, 2.75) is 6.92 Å². The lowest BCUT2D eigenvalue weighted by molar-refractivity contribution is 0.0602. The monoisotopic (exact) mass is 391 g/mol. The molecule has 7 heteroatoms. The number of imidazole rings is 1. The highest BCUT2D eigenvalue weighted by atomic mass is 32.1. The number of rotatable bonds is 4. The number of hydrogen-bond donors (Lipinski definition) is 1. The molecule has 0 aliphatic rings. The number of nitrogens with one attached hydrogen (secondary N) is 1. The summed E-state index contributed by atoms with van der Waals surface area (Å²) in [5.41, 5.74) is 3.40. The molecule has 1 N–H and O–H groups in total. The first-order valence-corrected chi connectivity index (χ1v) is 9.42. The van der Waals surface area contributed by atoms with Crippen molar-refractivity contribution in [2.75, 3.05) is 12.4 Å². The maximum atomic E-state index is 12.8. The van der Waals surface area contributed by atoms with Gasteiger partial charge in [-0.15, -0.1) is 0 Å². The van der Waals surface area contributed by atoms with Crippen LogP contribution in [-0.4, -0.2) is 28.4 Å². The zero-order chi connectivity index (χ0) is 19.7. The second-order valence-corrected chi connectivity index (χ2v) is 7.13. The molecule has 0 bridgehead atoms. The molecule has 140 valence electrons. The Kier molecular flexibility index (Phi) is 4.67. The highest BCUT2D eigenvalue weighted by Gasteiger charge is 2.20. The zero-order valence-corrected chi connectivity index (χ0v) is 16.1. The predicted octanol–water partition coefficient (Wildman–Crippen LogP) is 4.41. The SMILES string of the molecule is COC(=O)c1ccccc1NC(=O)c1sc2nc(-c3ccccc3)cn2c1C. The molecule has 28 heavy (non-hydrogen) atoms. The molecule has 0 spiro atoms. The molecule has 0 aliphatic carbocycles. The number of methoxy groups -OCH3 is 1. The molecule has 0 atom stereocenters. The minimum Gasteiger partial charge on any atom is -0.465 e. The number of carbonyl (C=O) groups excluding carboxylic acids is 2. The third kappa shape index (κ3) is 3.16. The van der Waals surface area contributed by atoms with Crippen LogP contribution in [0, 0.1) is 6.92 Å². The number of nitrogens with zero attached hydrogens (tertiary/aromatic N) is 2. The van der Waals surface area contributed by atoms with Gasteiger partial charge in [-0.2, -0.15) is 0 Å². The van der Waals surface area contributed by atoms with Gasteiger partial charge >= 0.3 is 5.97 Å². The maximum Gasteiger partial charge on any atom is 0.339 e. The predicted molar refractivity (Wildman–Crippen MR) is 109 cm³/mol. The minimum atomic E-state index is -0.499. The Labute approximate surface area is 165 Å². The van der Waals surface area contributed by atoms with Gasteiger partial charge in [0.15, 0.2) is 4.96 Å². The van der Waals surface area contributed by atoms with Crippen LogP contribution in [0.5, 0.6) is 0 Å². The van der Waals surface area contributed by atoms with Gasteiger partial charge in [-0.1, -0.05) is 53.8 Å². The van der Waals surface area contributed by atoms with Crippen LogP contribution in [0.15, 0.2) is 60.8 Å². The molecule has 0 saturated carbocycles. The summed E-state index contributed by atoms with van der Waals surface area (Å²) >= 11 is 1.31. The Hall–Kier alpha value is -3.45. The summed E-state index contributed by atoms with van der Waals surface area (Å²) in [5.74, 6) is -0.785. The first kappa shape index (κ1) is 17.9. The molecule has 0 radical (unpaired) electrons. The first-order valence-electron chi connectivity index (χ1n) is 8.61. The number of esters is 1. The number of hydrogen-bond acceptors (Lipinski definition) is 5. The van der Waals surface area contributed by atoms with E-state index in [1.54, 1.807) is 24.3 Å². The van der Waals surface area contributed by atoms with Crippen molar-refractivity contribution in [3.05, 3.63) is 76.9 Å². The normalized spacial score (nSPS) is 10.8. The summed E-state index contributed by atoms with van der Waals surface area (Å²) in [6.45, 7) is 1.88. The topological polar surface area (TPSA) is 72.7 Å². The van der Waals surface area contributed by atoms with E-state index in [9.17, 15) is 9.59 Å². The van der Waals surface area contributed by atoms with Crippen molar-refractivity contribution in [3.8, 4) is 11.3 Å². The average Bonchev–Trinajstić information content (AvgIpc) is 3.28. The summed E-state index contributed by atoms with van der Waals surface area (Å²) in [4.78, 5) is 30.7. The van der Waals surface area contributed by atoms with Gasteiger partial charge < -0.3 is 10.1 Å². The smallest absolute Gasteiger partial charge is 0.339 e. The third-order valence-electron chi connectivity index (χ3n) is 4.41. The van der Waals surface area contributed by atoms with Gasteiger partial charge in [-0.05, 0) is 19.1 Å². The minimum absolute atomic E-state index is 0.286. The fraction of sp³-hybridized carbons (Fsp3) is 0.0952. The van der Waals surface area contributed by atoms with E-state index in [0.717, 1.165) is 21.9 Å².